The monoisotopic (exact) mass is 177 g/mol. The Morgan fingerprint density at radius 3 is 2.46 bits per heavy atom. The number of terminal acetylenes is 1. The fourth-order valence-corrected chi connectivity index (χ4v) is 0.820. The van der Waals surface area contributed by atoms with Gasteiger partial charge in [-0.3, -0.25) is 4.79 Å². The van der Waals surface area contributed by atoms with Crippen LogP contribution < -0.4 is 5.73 Å². The zero-order valence-corrected chi connectivity index (χ0v) is 8.13. The maximum atomic E-state index is 10.6. The lowest BCUT2D eigenvalue weighted by Gasteiger charge is -1.98. The van der Waals surface area contributed by atoms with Crippen LogP contribution in [0.3, 0.4) is 0 Å². The van der Waals surface area contributed by atoms with E-state index in [9.17, 15) is 4.79 Å². The van der Waals surface area contributed by atoms with Gasteiger partial charge >= 0.3 is 0 Å². The standard InChI is InChI=1S/C11H15NO/c1-4-5-10(8-11(12)13)7-6-9(2)3/h1,6-7H,5,8H2,2-3H3,(H2,12,13)/b10-7+. The van der Waals surface area contributed by atoms with Crippen molar-refractivity contribution in [3.8, 4) is 12.3 Å². The molecule has 0 bridgehead atoms. The van der Waals surface area contributed by atoms with E-state index >= 15 is 0 Å². The highest BCUT2D eigenvalue weighted by atomic mass is 16.1. The number of rotatable bonds is 4. The van der Waals surface area contributed by atoms with Gasteiger partial charge in [0.2, 0.25) is 5.91 Å². The lowest BCUT2D eigenvalue weighted by molar-refractivity contribution is -0.117. The van der Waals surface area contributed by atoms with Crippen molar-refractivity contribution < 1.29 is 4.79 Å². The van der Waals surface area contributed by atoms with Crippen molar-refractivity contribution in [1.29, 1.82) is 0 Å². The molecule has 0 spiro atoms. The molecular weight excluding hydrogens is 162 g/mol. The summed E-state index contributed by atoms with van der Waals surface area (Å²) in [4.78, 5) is 10.6. The third-order valence-electron chi connectivity index (χ3n) is 1.38. The van der Waals surface area contributed by atoms with Crippen LogP contribution in [0.25, 0.3) is 0 Å². The van der Waals surface area contributed by atoms with Crippen LogP contribution in [-0.2, 0) is 4.79 Å². The summed E-state index contributed by atoms with van der Waals surface area (Å²) in [7, 11) is 0. The van der Waals surface area contributed by atoms with Crippen molar-refractivity contribution in [2.24, 2.45) is 5.73 Å². The lowest BCUT2D eigenvalue weighted by atomic mass is 10.1. The molecule has 0 saturated carbocycles. The summed E-state index contributed by atoms with van der Waals surface area (Å²) in [6, 6.07) is 0. The van der Waals surface area contributed by atoms with E-state index in [1.54, 1.807) is 0 Å². The van der Waals surface area contributed by atoms with Crippen molar-refractivity contribution >= 4 is 5.91 Å². The first-order valence-corrected chi connectivity index (χ1v) is 4.11. The minimum Gasteiger partial charge on any atom is -0.369 e. The Hall–Kier alpha value is -1.49. The summed E-state index contributed by atoms with van der Waals surface area (Å²) in [5.41, 5.74) is 7.11. The third kappa shape index (κ3) is 6.89. The van der Waals surface area contributed by atoms with E-state index in [1.807, 2.05) is 26.0 Å². The second-order valence-electron chi connectivity index (χ2n) is 3.09. The van der Waals surface area contributed by atoms with E-state index in [0.717, 1.165) is 5.57 Å². The molecule has 2 heteroatoms. The molecule has 70 valence electrons. The van der Waals surface area contributed by atoms with Gasteiger partial charge in [-0.2, -0.15) is 0 Å². The number of amides is 1. The molecule has 0 aliphatic carbocycles. The van der Waals surface area contributed by atoms with Gasteiger partial charge in [0, 0.05) is 12.8 Å². The van der Waals surface area contributed by atoms with Crippen LogP contribution >= 0.6 is 0 Å². The molecule has 0 aromatic heterocycles. The molecule has 13 heavy (non-hydrogen) atoms. The maximum absolute atomic E-state index is 10.6. The molecule has 0 atom stereocenters. The van der Waals surface area contributed by atoms with Crippen molar-refractivity contribution in [3.05, 3.63) is 23.3 Å². The number of carbonyl (C=O) groups is 1. The van der Waals surface area contributed by atoms with Gasteiger partial charge < -0.3 is 5.73 Å². The van der Waals surface area contributed by atoms with Crippen LogP contribution in [0.5, 0.6) is 0 Å². The normalized spacial score (nSPS) is 10.4. The summed E-state index contributed by atoms with van der Waals surface area (Å²) < 4.78 is 0. The Morgan fingerprint density at radius 2 is 2.08 bits per heavy atom. The molecule has 0 aromatic rings. The van der Waals surface area contributed by atoms with Crippen molar-refractivity contribution in [2.45, 2.75) is 26.7 Å². The zero-order chi connectivity index (χ0) is 10.3. The Balaban J connectivity index is 4.42. The van der Waals surface area contributed by atoms with Gasteiger partial charge in [-0.15, -0.1) is 12.3 Å². The fraction of sp³-hybridized carbons (Fsp3) is 0.364. The average Bonchev–Trinajstić information content (AvgIpc) is 1.99. The van der Waals surface area contributed by atoms with Crippen molar-refractivity contribution in [2.75, 3.05) is 0 Å². The van der Waals surface area contributed by atoms with E-state index in [2.05, 4.69) is 5.92 Å². The topological polar surface area (TPSA) is 43.1 Å². The molecule has 0 aliphatic heterocycles. The van der Waals surface area contributed by atoms with Gasteiger partial charge in [-0.1, -0.05) is 17.7 Å². The summed E-state index contributed by atoms with van der Waals surface area (Å²) >= 11 is 0. The molecular formula is C11H15NO. The van der Waals surface area contributed by atoms with E-state index in [1.165, 1.54) is 5.57 Å². The van der Waals surface area contributed by atoms with E-state index in [-0.39, 0.29) is 12.3 Å². The van der Waals surface area contributed by atoms with Crippen molar-refractivity contribution in [3.63, 3.8) is 0 Å². The van der Waals surface area contributed by atoms with Crippen LogP contribution in [0, 0.1) is 12.3 Å². The molecule has 0 rings (SSSR count). The number of hydrogen-bond acceptors (Lipinski definition) is 1. The second-order valence-corrected chi connectivity index (χ2v) is 3.09. The largest absolute Gasteiger partial charge is 0.369 e. The molecule has 0 saturated heterocycles. The Labute approximate surface area is 79.5 Å². The van der Waals surface area contributed by atoms with Gasteiger partial charge in [-0.05, 0) is 19.4 Å². The van der Waals surface area contributed by atoms with Gasteiger partial charge in [0.1, 0.15) is 0 Å². The second kappa shape index (κ2) is 6.07. The molecule has 0 radical (unpaired) electrons. The average molecular weight is 177 g/mol. The first kappa shape index (κ1) is 11.5. The van der Waals surface area contributed by atoms with E-state index in [0.29, 0.717) is 6.42 Å². The third-order valence-corrected chi connectivity index (χ3v) is 1.38. The Morgan fingerprint density at radius 1 is 1.46 bits per heavy atom. The maximum Gasteiger partial charge on any atom is 0.221 e. The summed E-state index contributed by atoms with van der Waals surface area (Å²) in [5, 5.41) is 0. The SMILES string of the molecule is C#CC/C(=C\C=C(C)C)CC(N)=O. The van der Waals surface area contributed by atoms with E-state index in [4.69, 9.17) is 12.2 Å². The molecule has 1 amide bonds. The molecule has 0 aliphatic rings. The lowest BCUT2D eigenvalue weighted by Crippen LogP contribution is -2.10. The van der Waals surface area contributed by atoms with Crippen LogP contribution in [0.1, 0.15) is 26.7 Å². The summed E-state index contributed by atoms with van der Waals surface area (Å²) in [6.45, 7) is 3.96. The molecule has 0 fully saturated rings. The first-order valence-electron chi connectivity index (χ1n) is 4.11. The number of carbonyl (C=O) groups excluding carboxylic acids is 1. The van der Waals surface area contributed by atoms with Gasteiger partial charge in [0.05, 0.1) is 0 Å². The molecule has 2 nitrogen and oxygen atoms in total. The fourth-order valence-electron chi connectivity index (χ4n) is 0.820. The number of hydrogen-bond donors (Lipinski definition) is 1. The van der Waals surface area contributed by atoms with Gasteiger partial charge in [-0.25, -0.2) is 0 Å². The smallest absolute Gasteiger partial charge is 0.221 e. The highest BCUT2D eigenvalue weighted by Crippen LogP contribution is 2.06. The molecule has 0 heterocycles. The van der Waals surface area contributed by atoms with Crippen molar-refractivity contribution in [1.82, 2.24) is 0 Å². The number of nitrogens with two attached hydrogens (primary N) is 1. The predicted molar refractivity (Wildman–Crippen MR) is 54.8 cm³/mol. The Kier molecular flexibility index (Phi) is 5.38. The quantitative estimate of drug-likeness (QED) is 0.516. The molecule has 2 N–H and O–H groups in total. The predicted octanol–water partition coefficient (Wildman–Crippen LogP) is 1.78. The highest BCUT2D eigenvalue weighted by molar-refractivity contribution is 5.76. The molecule has 0 unspecified atom stereocenters. The minimum atomic E-state index is -0.344. The molecule has 0 aromatic carbocycles. The summed E-state index contributed by atoms with van der Waals surface area (Å²) in [6.07, 6.45) is 9.66. The van der Waals surface area contributed by atoms with E-state index < -0.39 is 0 Å². The van der Waals surface area contributed by atoms with Crippen LogP contribution in [0.4, 0.5) is 0 Å². The van der Waals surface area contributed by atoms with Gasteiger partial charge in [0.25, 0.3) is 0 Å². The first-order chi connectivity index (χ1) is 6.06. The van der Waals surface area contributed by atoms with Crippen LogP contribution in [0.15, 0.2) is 23.3 Å². The number of primary amides is 1. The summed E-state index contributed by atoms with van der Waals surface area (Å²) in [5.74, 6) is 2.15. The highest BCUT2D eigenvalue weighted by Gasteiger charge is 1.98. The Bertz CT molecular complexity index is 275. The van der Waals surface area contributed by atoms with Crippen LogP contribution in [-0.4, -0.2) is 5.91 Å². The minimum absolute atomic E-state index is 0.244. The number of allylic oxidation sites excluding steroid dienone is 3. The van der Waals surface area contributed by atoms with Gasteiger partial charge in [0.15, 0.2) is 0 Å². The zero-order valence-electron chi connectivity index (χ0n) is 8.13. The van der Waals surface area contributed by atoms with Crippen LogP contribution in [0.2, 0.25) is 0 Å².